The standard InChI is InChI=1S/C13H16BrN3O2S/c1-8-6-5-7-11(12(8)14)16-20(18,19)13-9(2)15-17(4)10(13)3/h5-7,16H,1-4H3. The van der Waals surface area contributed by atoms with Crippen LogP contribution in [0.2, 0.25) is 0 Å². The third-order valence-corrected chi connectivity index (χ3v) is 5.82. The zero-order chi connectivity index (χ0) is 15.1. The predicted octanol–water partition coefficient (Wildman–Crippen LogP) is 2.91. The van der Waals surface area contributed by atoms with Gasteiger partial charge in [-0.3, -0.25) is 9.40 Å². The van der Waals surface area contributed by atoms with E-state index in [0.717, 1.165) is 10.0 Å². The highest BCUT2D eigenvalue weighted by molar-refractivity contribution is 9.10. The molecule has 1 aromatic heterocycles. The Balaban J connectivity index is 2.49. The van der Waals surface area contributed by atoms with Crippen molar-refractivity contribution in [2.45, 2.75) is 25.7 Å². The number of aryl methyl sites for hydroxylation is 3. The number of anilines is 1. The Morgan fingerprint density at radius 1 is 1.25 bits per heavy atom. The van der Waals surface area contributed by atoms with E-state index in [-0.39, 0.29) is 4.90 Å². The predicted molar refractivity (Wildman–Crippen MR) is 82.4 cm³/mol. The number of halogens is 1. The Morgan fingerprint density at radius 2 is 1.90 bits per heavy atom. The van der Waals surface area contributed by atoms with Crippen LogP contribution in [0, 0.1) is 20.8 Å². The number of hydrogen-bond acceptors (Lipinski definition) is 3. The average molecular weight is 358 g/mol. The summed E-state index contributed by atoms with van der Waals surface area (Å²) in [4.78, 5) is 0.230. The highest BCUT2D eigenvalue weighted by atomic mass is 79.9. The Hall–Kier alpha value is -1.34. The van der Waals surface area contributed by atoms with Crippen LogP contribution < -0.4 is 4.72 Å². The molecule has 0 unspecified atom stereocenters. The molecule has 1 heterocycles. The molecule has 2 rings (SSSR count). The summed E-state index contributed by atoms with van der Waals surface area (Å²) < 4.78 is 30.0. The summed E-state index contributed by atoms with van der Waals surface area (Å²) in [5.41, 5.74) is 2.58. The smallest absolute Gasteiger partial charge is 0.265 e. The van der Waals surface area contributed by atoms with Crippen molar-refractivity contribution in [1.29, 1.82) is 0 Å². The van der Waals surface area contributed by atoms with Crippen LogP contribution in [0.3, 0.4) is 0 Å². The molecule has 0 saturated heterocycles. The summed E-state index contributed by atoms with van der Waals surface area (Å²) in [5, 5.41) is 4.14. The van der Waals surface area contributed by atoms with E-state index < -0.39 is 10.0 Å². The number of benzene rings is 1. The molecule has 108 valence electrons. The van der Waals surface area contributed by atoms with Gasteiger partial charge in [-0.25, -0.2) is 8.42 Å². The van der Waals surface area contributed by atoms with Crippen LogP contribution in [0.5, 0.6) is 0 Å². The van der Waals surface area contributed by atoms with Crippen LogP contribution in [0.25, 0.3) is 0 Å². The Bertz CT molecular complexity index is 766. The summed E-state index contributed by atoms with van der Waals surface area (Å²) in [7, 11) is -1.93. The molecule has 0 saturated carbocycles. The van der Waals surface area contributed by atoms with Crippen molar-refractivity contribution in [1.82, 2.24) is 9.78 Å². The molecule has 5 nitrogen and oxygen atoms in total. The van der Waals surface area contributed by atoms with Gasteiger partial charge < -0.3 is 0 Å². The van der Waals surface area contributed by atoms with E-state index in [1.807, 2.05) is 13.0 Å². The molecule has 2 aromatic rings. The number of sulfonamides is 1. The third-order valence-electron chi connectivity index (χ3n) is 3.15. The Kier molecular flexibility index (Phi) is 3.93. The van der Waals surface area contributed by atoms with Gasteiger partial charge in [0.15, 0.2) is 0 Å². The van der Waals surface area contributed by atoms with E-state index in [1.165, 1.54) is 0 Å². The molecule has 0 atom stereocenters. The molecule has 0 aliphatic rings. The van der Waals surface area contributed by atoms with Crippen molar-refractivity contribution in [2.75, 3.05) is 4.72 Å². The minimum Gasteiger partial charge on any atom is -0.278 e. The van der Waals surface area contributed by atoms with Gasteiger partial charge in [-0.2, -0.15) is 5.10 Å². The fourth-order valence-corrected chi connectivity index (χ4v) is 4.07. The molecule has 0 aliphatic heterocycles. The normalized spacial score (nSPS) is 11.7. The maximum atomic E-state index is 12.5. The lowest BCUT2D eigenvalue weighted by Gasteiger charge is -2.11. The van der Waals surface area contributed by atoms with Gasteiger partial charge in [0.1, 0.15) is 4.90 Å². The zero-order valence-corrected chi connectivity index (χ0v) is 14.1. The van der Waals surface area contributed by atoms with Gasteiger partial charge in [0.05, 0.1) is 17.1 Å². The van der Waals surface area contributed by atoms with Crippen molar-refractivity contribution in [2.24, 2.45) is 7.05 Å². The van der Waals surface area contributed by atoms with Crippen LogP contribution in [0.1, 0.15) is 17.0 Å². The van der Waals surface area contributed by atoms with E-state index in [0.29, 0.717) is 17.1 Å². The highest BCUT2D eigenvalue weighted by Crippen LogP contribution is 2.29. The molecule has 0 aliphatic carbocycles. The van der Waals surface area contributed by atoms with E-state index in [4.69, 9.17) is 0 Å². The van der Waals surface area contributed by atoms with Gasteiger partial charge in [0, 0.05) is 11.5 Å². The number of nitrogens with zero attached hydrogens (tertiary/aromatic N) is 2. The molecule has 0 radical (unpaired) electrons. The van der Waals surface area contributed by atoms with Crippen LogP contribution in [0.4, 0.5) is 5.69 Å². The minimum atomic E-state index is -3.66. The van der Waals surface area contributed by atoms with Gasteiger partial charge in [0.2, 0.25) is 0 Å². The highest BCUT2D eigenvalue weighted by Gasteiger charge is 2.24. The summed E-state index contributed by atoms with van der Waals surface area (Å²) in [6, 6.07) is 5.43. The lowest BCUT2D eigenvalue weighted by molar-refractivity contribution is 0.599. The largest absolute Gasteiger partial charge is 0.278 e. The van der Waals surface area contributed by atoms with Gasteiger partial charge in [-0.1, -0.05) is 12.1 Å². The maximum Gasteiger partial charge on any atom is 0.265 e. The third kappa shape index (κ3) is 2.60. The lowest BCUT2D eigenvalue weighted by Crippen LogP contribution is -2.15. The summed E-state index contributed by atoms with van der Waals surface area (Å²) in [6.45, 7) is 5.33. The monoisotopic (exact) mass is 357 g/mol. The van der Waals surface area contributed by atoms with Gasteiger partial charge in [0.25, 0.3) is 10.0 Å². The summed E-state index contributed by atoms with van der Waals surface area (Å²) in [5.74, 6) is 0. The minimum absolute atomic E-state index is 0.230. The molecule has 0 spiro atoms. The molecule has 1 aromatic carbocycles. The van der Waals surface area contributed by atoms with Crippen LogP contribution in [-0.4, -0.2) is 18.2 Å². The molecule has 1 N–H and O–H groups in total. The average Bonchev–Trinajstić information content (AvgIpc) is 2.59. The topological polar surface area (TPSA) is 64.0 Å². The quantitative estimate of drug-likeness (QED) is 0.918. The van der Waals surface area contributed by atoms with Gasteiger partial charge >= 0.3 is 0 Å². The maximum absolute atomic E-state index is 12.5. The van der Waals surface area contributed by atoms with Crippen molar-refractivity contribution in [3.63, 3.8) is 0 Å². The fraction of sp³-hybridized carbons (Fsp3) is 0.308. The Morgan fingerprint density at radius 3 is 2.45 bits per heavy atom. The second-order valence-corrected chi connectivity index (χ2v) is 7.08. The van der Waals surface area contributed by atoms with E-state index in [1.54, 1.807) is 37.7 Å². The van der Waals surface area contributed by atoms with Gasteiger partial charge in [-0.15, -0.1) is 0 Å². The van der Waals surface area contributed by atoms with Crippen molar-refractivity contribution < 1.29 is 8.42 Å². The number of aromatic nitrogens is 2. The van der Waals surface area contributed by atoms with Crippen LogP contribution >= 0.6 is 15.9 Å². The molecule has 0 amide bonds. The molecule has 0 bridgehead atoms. The first-order valence-corrected chi connectivity index (χ1v) is 8.30. The summed E-state index contributed by atoms with van der Waals surface area (Å²) in [6.07, 6.45) is 0. The molecule has 0 fully saturated rings. The zero-order valence-electron chi connectivity index (χ0n) is 11.7. The molecule has 20 heavy (non-hydrogen) atoms. The van der Waals surface area contributed by atoms with Crippen molar-refractivity contribution in [3.05, 3.63) is 39.6 Å². The summed E-state index contributed by atoms with van der Waals surface area (Å²) >= 11 is 3.40. The number of nitrogens with one attached hydrogen (secondary N) is 1. The number of rotatable bonds is 3. The van der Waals surface area contributed by atoms with Crippen LogP contribution in [0.15, 0.2) is 27.6 Å². The first kappa shape index (κ1) is 15.1. The number of hydrogen-bond donors (Lipinski definition) is 1. The van der Waals surface area contributed by atoms with Gasteiger partial charge in [-0.05, 0) is 48.3 Å². The van der Waals surface area contributed by atoms with E-state index in [9.17, 15) is 8.42 Å². The Labute approximate surface area is 127 Å². The molecular weight excluding hydrogens is 342 g/mol. The van der Waals surface area contributed by atoms with E-state index >= 15 is 0 Å². The SMILES string of the molecule is Cc1cccc(NS(=O)(=O)c2c(C)nn(C)c2C)c1Br. The second kappa shape index (κ2) is 5.21. The molecular formula is C13H16BrN3O2S. The first-order chi connectivity index (χ1) is 9.24. The first-order valence-electron chi connectivity index (χ1n) is 6.02. The second-order valence-electron chi connectivity index (χ2n) is 4.67. The molecule has 7 heteroatoms. The van der Waals surface area contributed by atoms with Crippen molar-refractivity contribution in [3.8, 4) is 0 Å². The van der Waals surface area contributed by atoms with Crippen LogP contribution in [-0.2, 0) is 17.1 Å². The van der Waals surface area contributed by atoms with E-state index in [2.05, 4.69) is 25.8 Å². The lowest BCUT2D eigenvalue weighted by atomic mass is 10.2. The van der Waals surface area contributed by atoms with Crippen molar-refractivity contribution >= 4 is 31.6 Å². The fourth-order valence-electron chi connectivity index (χ4n) is 2.07.